The van der Waals surface area contributed by atoms with Crippen LogP contribution >= 0.6 is 0 Å². The fourth-order valence-corrected chi connectivity index (χ4v) is 4.58. The normalized spacial score (nSPS) is 11.4. The van der Waals surface area contributed by atoms with Crippen LogP contribution < -0.4 is 10.9 Å². The predicted octanol–water partition coefficient (Wildman–Crippen LogP) is 5.47. The van der Waals surface area contributed by atoms with Crippen LogP contribution in [0.1, 0.15) is 66.1 Å². The van der Waals surface area contributed by atoms with E-state index in [0.29, 0.717) is 11.1 Å². The van der Waals surface area contributed by atoms with Gasteiger partial charge in [0.05, 0.1) is 0 Å². The van der Waals surface area contributed by atoms with Crippen LogP contribution in [-0.4, -0.2) is 20.4 Å². The minimum atomic E-state index is -0.197. The topological polar surface area (TPSA) is 79.8 Å². The number of H-pyrrole nitrogens is 1. The van der Waals surface area contributed by atoms with E-state index >= 15 is 0 Å². The number of benzene rings is 1. The van der Waals surface area contributed by atoms with Gasteiger partial charge in [0.2, 0.25) is 0 Å². The number of aryl methyl sites for hydroxylation is 3. The number of amides is 1. The number of pyridine rings is 2. The number of hydrogen-bond acceptors (Lipinski definition) is 3. The summed E-state index contributed by atoms with van der Waals surface area (Å²) in [6.07, 6.45) is 5.53. The second-order valence-corrected chi connectivity index (χ2v) is 9.13. The number of fused-ring (bicyclic) bond motifs is 1. The Balaban J connectivity index is 1.76. The third kappa shape index (κ3) is 4.53. The maximum absolute atomic E-state index is 13.5. The molecule has 6 nitrogen and oxygen atoms in total. The number of aromatic amines is 1. The van der Waals surface area contributed by atoms with Crippen LogP contribution in [0.15, 0.2) is 53.6 Å². The summed E-state index contributed by atoms with van der Waals surface area (Å²) in [7, 11) is 0. The molecule has 0 aliphatic heterocycles. The summed E-state index contributed by atoms with van der Waals surface area (Å²) >= 11 is 0. The molecule has 0 saturated heterocycles. The average molecular weight is 457 g/mol. The van der Waals surface area contributed by atoms with Crippen LogP contribution in [0.5, 0.6) is 0 Å². The number of aromatic nitrogens is 3. The monoisotopic (exact) mass is 456 g/mol. The van der Waals surface area contributed by atoms with Crippen molar-refractivity contribution in [3.8, 4) is 11.1 Å². The maximum atomic E-state index is 13.5. The molecule has 0 aliphatic carbocycles. The largest absolute Gasteiger partial charge is 0.348 e. The highest BCUT2D eigenvalue weighted by molar-refractivity contribution is 6.08. The summed E-state index contributed by atoms with van der Waals surface area (Å²) in [6.45, 7) is 10.4. The summed E-state index contributed by atoms with van der Waals surface area (Å²) in [5.74, 6) is -0.197. The first-order valence-corrected chi connectivity index (χ1v) is 11.9. The van der Waals surface area contributed by atoms with Gasteiger partial charge in [-0.05, 0) is 75.6 Å². The van der Waals surface area contributed by atoms with Crippen molar-refractivity contribution in [2.75, 3.05) is 0 Å². The summed E-state index contributed by atoms with van der Waals surface area (Å²) in [4.78, 5) is 33.4. The molecule has 4 aromatic rings. The van der Waals surface area contributed by atoms with Crippen LogP contribution in [-0.2, 0) is 13.0 Å². The van der Waals surface area contributed by atoms with Gasteiger partial charge in [0.1, 0.15) is 0 Å². The van der Waals surface area contributed by atoms with Crippen LogP contribution in [0.3, 0.4) is 0 Å². The Labute approximate surface area is 200 Å². The van der Waals surface area contributed by atoms with E-state index in [1.165, 1.54) is 0 Å². The van der Waals surface area contributed by atoms with E-state index in [2.05, 4.69) is 46.7 Å². The molecule has 0 atom stereocenters. The molecule has 0 unspecified atom stereocenters. The predicted molar refractivity (Wildman–Crippen MR) is 137 cm³/mol. The van der Waals surface area contributed by atoms with Gasteiger partial charge in [-0.3, -0.25) is 14.6 Å². The van der Waals surface area contributed by atoms with Crippen molar-refractivity contribution in [3.05, 3.63) is 87.2 Å². The second-order valence-electron chi connectivity index (χ2n) is 9.13. The van der Waals surface area contributed by atoms with Gasteiger partial charge in [-0.2, -0.15) is 0 Å². The van der Waals surface area contributed by atoms with E-state index in [1.54, 1.807) is 6.20 Å². The zero-order valence-corrected chi connectivity index (χ0v) is 20.5. The van der Waals surface area contributed by atoms with Gasteiger partial charge in [0, 0.05) is 64.0 Å². The lowest BCUT2D eigenvalue weighted by atomic mass is 9.98. The molecule has 0 fully saturated rings. The van der Waals surface area contributed by atoms with Crippen molar-refractivity contribution in [2.45, 2.75) is 60.0 Å². The van der Waals surface area contributed by atoms with E-state index in [4.69, 9.17) is 0 Å². The third-order valence-electron chi connectivity index (χ3n) is 6.27. The Hall–Kier alpha value is -3.67. The van der Waals surface area contributed by atoms with Crippen molar-refractivity contribution in [3.63, 3.8) is 0 Å². The smallest absolute Gasteiger partial charge is 0.253 e. The fraction of sp³-hybridized carbons (Fsp3) is 0.321. The molecule has 3 heterocycles. The van der Waals surface area contributed by atoms with E-state index < -0.39 is 0 Å². The molecule has 34 heavy (non-hydrogen) atoms. The summed E-state index contributed by atoms with van der Waals surface area (Å²) in [5, 5.41) is 3.91. The number of carbonyl (C=O) groups is 1. The Morgan fingerprint density at radius 1 is 1.18 bits per heavy atom. The molecular formula is C28H32N4O2. The van der Waals surface area contributed by atoms with Gasteiger partial charge in [0.15, 0.2) is 0 Å². The van der Waals surface area contributed by atoms with Crippen molar-refractivity contribution < 1.29 is 4.79 Å². The van der Waals surface area contributed by atoms with Gasteiger partial charge < -0.3 is 14.9 Å². The summed E-state index contributed by atoms with van der Waals surface area (Å²) in [6, 6.07) is 12.2. The van der Waals surface area contributed by atoms with Crippen molar-refractivity contribution >= 4 is 16.8 Å². The Morgan fingerprint density at radius 3 is 2.68 bits per heavy atom. The Kier molecular flexibility index (Phi) is 6.68. The highest BCUT2D eigenvalue weighted by Gasteiger charge is 2.18. The molecule has 6 heteroatoms. The van der Waals surface area contributed by atoms with Crippen molar-refractivity contribution in [1.82, 2.24) is 19.9 Å². The van der Waals surface area contributed by atoms with E-state index in [-0.39, 0.29) is 24.1 Å². The van der Waals surface area contributed by atoms with Crippen LogP contribution in [0, 0.1) is 13.8 Å². The number of hydrogen-bond donors (Lipinski definition) is 2. The molecule has 0 bridgehead atoms. The highest BCUT2D eigenvalue weighted by atomic mass is 16.1. The first kappa shape index (κ1) is 23.5. The second kappa shape index (κ2) is 9.67. The molecule has 4 rings (SSSR count). The molecular weight excluding hydrogens is 424 g/mol. The van der Waals surface area contributed by atoms with Crippen LogP contribution in [0.25, 0.3) is 22.0 Å². The van der Waals surface area contributed by atoms with Gasteiger partial charge >= 0.3 is 0 Å². The van der Waals surface area contributed by atoms with Crippen molar-refractivity contribution in [2.24, 2.45) is 0 Å². The van der Waals surface area contributed by atoms with E-state index in [1.807, 2.05) is 50.4 Å². The van der Waals surface area contributed by atoms with Gasteiger partial charge in [-0.1, -0.05) is 19.4 Å². The highest BCUT2D eigenvalue weighted by Crippen LogP contribution is 2.31. The van der Waals surface area contributed by atoms with E-state index in [9.17, 15) is 9.59 Å². The molecule has 1 aromatic carbocycles. The van der Waals surface area contributed by atoms with Gasteiger partial charge in [-0.15, -0.1) is 0 Å². The first-order valence-electron chi connectivity index (χ1n) is 11.9. The molecule has 0 saturated carbocycles. The fourth-order valence-electron chi connectivity index (χ4n) is 4.58. The molecule has 1 amide bonds. The molecule has 0 aliphatic rings. The molecule has 176 valence electrons. The average Bonchev–Trinajstić information content (AvgIpc) is 3.22. The standard InChI is InChI=1S/C28H32N4O2/c1-6-8-20-13-18(4)31-28(34)25(20)16-30-27(33)24-14-21(22-9-7-11-29-19(22)5)15-26-23(24)10-12-32(26)17(2)3/h7,9-15,17H,6,8,16H2,1-5H3,(H,30,33)(H,31,34). The SMILES string of the molecule is CCCc1cc(C)[nH]c(=O)c1CNC(=O)c1cc(-c2cccnc2C)cc2c1ccn2C(C)C. The summed E-state index contributed by atoms with van der Waals surface area (Å²) in [5.41, 5.74) is 6.75. The Bertz CT molecular complexity index is 1410. The molecule has 0 spiro atoms. The molecule has 0 radical (unpaired) electrons. The molecule has 2 N–H and O–H groups in total. The van der Waals surface area contributed by atoms with Gasteiger partial charge in [0.25, 0.3) is 11.5 Å². The van der Waals surface area contributed by atoms with Crippen molar-refractivity contribution in [1.29, 1.82) is 0 Å². The number of nitrogens with one attached hydrogen (secondary N) is 2. The van der Waals surface area contributed by atoms with Crippen LogP contribution in [0.4, 0.5) is 0 Å². The van der Waals surface area contributed by atoms with Gasteiger partial charge in [-0.25, -0.2) is 0 Å². The number of nitrogens with zero attached hydrogens (tertiary/aromatic N) is 2. The lowest BCUT2D eigenvalue weighted by molar-refractivity contribution is 0.0952. The first-order chi connectivity index (χ1) is 16.3. The zero-order valence-electron chi connectivity index (χ0n) is 20.5. The third-order valence-corrected chi connectivity index (χ3v) is 6.27. The van der Waals surface area contributed by atoms with E-state index in [0.717, 1.165) is 51.8 Å². The Morgan fingerprint density at radius 2 is 1.97 bits per heavy atom. The quantitative estimate of drug-likeness (QED) is 0.387. The lowest BCUT2D eigenvalue weighted by Gasteiger charge is -2.15. The molecule has 3 aromatic heterocycles. The zero-order chi connectivity index (χ0) is 24.4. The number of carbonyl (C=O) groups excluding carboxylic acids is 1. The minimum absolute atomic E-state index is 0.139. The maximum Gasteiger partial charge on any atom is 0.253 e. The summed E-state index contributed by atoms with van der Waals surface area (Å²) < 4.78 is 2.17. The van der Waals surface area contributed by atoms with Crippen LogP contribution in [0.2, 0.25) is 0 Å². The number of rotatable bonds is 7. The lowest BCUT2D eigenvalue weighted by Crippen LogP contribution is -2.28. The minimum Gasteiger partial charge on any atom is -0.348 e.